The van der Waals surface area contributed by atoms with Crippen molar-refractivity contribution in [3.05, 3.63) is 0 Å². The summed E-state index contributed by atoms with van der Waals surface area (Å²) in [5.41, 5.74) is 0. The van der Waals surface area contributed by atoms with Gasteiger partial charge in [0.25, 0.3) is 0 Å². The Morgan fingerprint density at radius 2 is 2.00 bits per heavy atom. The average molecular weight is 255 g/mol. The minimum absolute atomic E-state index is 0.126. The fraction of sp³-hybridized carbons (Fsp3) is 0.778. The molecular weight excluding hydrogens is 243 g/mol. The molecule has 2 N–H and O–H groups in total. The molecule has 1 aliphatic carbocycles. The third-order valence-corrected chi connectivity index (χ3v) is 2.17. The van der Waals surface area contributed by atoms with Crippen LogP contribution >= 0.6 is 0 Å². The summed E-state index contributed by atoms with van der Waals surface area (Å²) in [6, 6.07) is -1.03. The topological polar surface area (TPSA) is 75.6 Å². The summed E-state index contributed by atoms with van der Waals surface area (Å²) in [6.07, 6.45) is -3.11. The zero-order valence-corrected chi connectivity index (χ0v) is 8.79. The summed E-state index contributed by atoms with van der Waals surface area (Å²) in [5.74, 6) is -2.16. The maximum absolute atomic E-state index is 11.7. The van der Waals surface area contributed by atoms with Gasteiger partial charge >= 0.3 is 12.1 Å². The van der Waals surface area contributed by atoms with Crippen molar-refractivity contribution in [1.29, 1.82) is 0 Å². The minimum Gasteiger partial charge on any atom is -0.480 e. The van der Waals surface area contributed by atoms with Crippen molar-refractivity contribution in [3.8, 4) is 0 Å². The summed E-state index contributed by atoms with van der Waals surface area (Å²) in [4.78, 5) is 21.8. The number of carbonyl (C=O) groups is 2. The third kappa shape index (κ3) is 5.53. The molecule has 1 atom stereocenters. The second kappa shape index (κ2) is 5.35. The Balaban J connectivity index is 2.26. The predicted octanol–water partition coefficient (Wildman–Crippen LogP) is 0.545. The predicted molar refractivity (Wildman–Crippen MR) is 49.2 cm³/mol. The SMILES string of the molecule is O=C(COCC(F)(F)F)NC(C(=O)O)C1CC1. The van der Waals surface area contributed by atoms with Crippen LogP contribution in [0.5, 0.6) is 0 Å². The maximum atomic E-state index is 11.7. The molecule has 1 amide bonds. The molecule has 0 aromatic rings. The van der Waals surface area contributed by atoms with E-state index in [1.807, 2.05) is 0 Å². The summed E-state index contributed by atoms with van der Waals surface area (Å²) < 4.78 is 39.2. The van der Waals surface area contributed by atoms with Gasteiger partial charge in [0.2, 0.25) is 5.91 Å². The van der Waals surface area contributed by atoms with E-state index in [2.05, 4.69) is 10.1 Å². The van der Waals surface area contributed by atoms with E-state index >= 15 is 0 Å². The van der Waals surface area contributed by atoms with Crippen LogP contribution in [0.15, 0.2) is 0 Å². The minimum atomic E-state index is -4.50. The number of amides is 1. The fourth-order valence-electron chi connectivity index (χ4n) is 1.29. The molecule has 8 heteroatoms. The highest BCUT2D eigenvalue weighted by Gasteiger charge is 2.37. The van der Waals surface area contributed by atoms with Gasteiger partial charge in [0.15, 0.2) is 0 Å². The molecule has 0 radical (unpaired) electrons. The Kier molecular flexibility index (Phi) is 4.33. The largest absolute Gasteiger partial charge is 0.480 e. The molecule has 1 unspecified atom stereocenters. The molecule has 0 bridgehead atoms. The first-order valence-electron chi connectivity index (χ1n) is 4.96. The highest BCUT2D eigenvalue weighted by Crippen LogP contribution is 2.32. The Labute approximate surface area is 94.9 Å². The smallest absolute Gasteiger partial charge is 0.411 e. The lowest BCUT2D eigenvalue weighted by molar-refractivity contribution is -0.176. The van der Waals surface area contributed by atoms with Gasteiger partial charge < -0.3 is 15.2 Å². The second-order valence-electron chi connectivity index (χ2n) is 3.83. The van der Waals surface area contributed by atoms with Gasteiger partial charge in [-0.15, -0.1) is 0 Å². The number of carbonyl (C=O) groups excluding carboxylic acids is 1. The molecule has 98 valence electrons. The molecule has 0 saturated heterocycles. The van der Waals surface area contributed by atoms with E-state index in [1.54, 1.807) is 0 Å². The summed E-state index contributed by atoms with van der Waals surface area (Å²) in [5, 5.41) is 10.9. The van der Waals surface area contributed by atoms with Gasteiger partial charge in [-0.3, -0.25) is 4.79 Å². The normalized spacial score (nSPS) is 17.6. The highest BCUT2D eigenvalue weighted by atomic mass is 19.4. The molecule has 0 aromatic carbocycles. The number of aliphatic carboxylic acids is 1. The zero-order chi connectivity index (χ0) is 13.1. The van der Waals surface area contributed by atoms with E-state index in [0.29, 0.717) is 12.8 Å². The van der Waals surface area contributed by atoms with Gasteiger partial charge in [0.05, 0.1) is 0 Å². The van der Waals surface area contributed by atoms with Crippen molar-refractivity contribution in [2.24, 2.45) is 5.92 Å². The van der Waals surface area contributed by atoms with E-state index < -0.39 is 37.3 Å². The zero-order valence-electron chi connectivity index (χ0n) is 8.79. The van der Waals surface area contributed by atoms with Gasteiger partial charge in [0, 0.05) is 0 Å². The lowest BCUT2D eigenvalue weighted by Gasteiger charge is -2.13. The molecular formula is C9H12F3NO4. The van der Waals surface area contributed by atoms with Crippen LogP contribution in [0.4, 0.5) is 13.2 Å². The quantitative estimate of drug-likeness (QED) is 0.726. The van der Waals surface area contributed by atoms with Crippen molar-refractivity contribution >= 4 is 11.9 Å². The first kappa shape index (κ1) is 13.8. The number of hydrogen-bond acceptors (Lipinski definition) is 3. The molecule has 0 aliphatic heterocycles. The van der Waals surface area contributed by atoms with Crippen LogP contribution in [0.25, 0.3) is 0 Å². The van der Waals surface area contributed by atoms with Crippen LogP contribution in [-0.2, 0) is 14.3 Å². The Bertz CT molecular complexity index is 301. The van der Waals surface area contributed by atoms with Crippen molar-refractivity contribution in [2.75, 3.05) is 13.2 Å². The summed E-state index contributed by atoms with van der Waals surface area (Å²) in [7, 11) is 0. The van der Waals surface area contributed by atoms with Gasteiger partial charge in [-0.1, -0.05) is 0 Å². The van der Waals surface area contributed by atoms with Gasteiger partial charge in [-0.25, -0.2) is 4.79 Å². The Morgan fingerprint density at radius 1 is 1.41 bits per heavy atom. The molecule has 0 spiro atoms. The summed E-state index contributed by atoms with van der Waals surface area (Å²) in [6.45, 7) is -2.32. The lowest BCUT2D eigenvalue weighted by atomic mass is 10.2. The Morgan fingerprint density at radius 3 is 2.41 bits per heavy atom. The molecule has 1 aliphatic rings. The third-order valence-electron chi connectivity index (χ3n) is 2.17. The van der Waals surface area contributed by atoms with Crippen LogP contribution < -0.4 is 5.32 Å². The van der Waals surface area contributed by atoms with Crippen molar-refractivity contribution in [2.45, 2.75) is 25.1 Å². The Hall–Kier alpha value is -1.31. The fourth-order valence-corrected chi connectivity index (χ4v) is 1.29. The molecule has 1 rings (SSSR count). The van der Waals surface area contributed by atoms with E-state index in [9.17, 15) is 22.8 Å². The number of carboxylic acid groups (broad SMARTS) is 1. The van der Waals surface area contributed by atoms with Crippen molar-refractivity contribution in [1.82, 2.24) is 5.32 Å². The van der Waals surface area contributed by atoms with Crippen LogP contribution in [0.2, 0.25) is 0 Å². The molecule has 0 aromatic heterocycles. The van der Waals surface area contributed by atoms with Crippen LogP contribution in [0.3, 0.4) is 0 Å². The number of rotatable bonds is 6. The van der Waals surface area contributed by atoms with Gasteiger partial charge in [0.1, 0.15) is 19.3 Å². The number of ether oxygens (including phenoxy) is 1. The van der Waals surface area contributed by atoms with Crippen molar-refractivity contribution in [3.63, 3.8) is 0 Å². The standard InChI is InChI=1S/C9H12F3NO4/c10-9(11,12)4-17-3-6(14)13-7(8(15)16)5-1-2-5/h5,7H,1-4H2,(H,13,14)(H,15,16). The first-order valence-corrected chi connectivity index (χ1v) is 4.96. The molecule has 5 nitrogen and oxygen atoms in total. The number of carboxylic acids is 1. The monoisotopic (exact) mass is 255 g/mol. The van der Waals surface area contributed by atoms with Crippen LogP contribution in [0.1, 0.15) is 12.8 Å². The van der Waals surface area contributed by atoms with Gasteiger partial charge in [-0.2, -0.15) is 13.2 Å². The maximum Gasteiger partial charge on any atom is 0.411 e. The molecule has 1 fully saturated rings. The van der Waals surface area contributed by atoms with E-state index in [-0.39, 0.29) is 5.92 Å². The highest BCUT2D eigenvalue weighted by molar-refractivity contribution is 5.84. The number of nitrogens with one attached hydrogen (secondary N) is 1. The number of halogens is 3. The van der Waals surface area contributed by atoms with Crippen molar-refractivity contribution < 1.29 is 32.6 Å². The van der Waals surface area contributed by atoms with Crippen LogP contribution in [0, 0.1) is 5.92 Å². The molecule has 1 saturated carbocycles. The molecule has 0 heterocycles. The molecule has 17 heavy (non-hydrogen) atoms. The number of hydrogen-bond donors (Lipinski definition) is 2. The second-order valence-corrected chi connectivity index (χ2v) is 3.83. The summed E-state index contributed by atoms with van der Waals surface area (Å²) >= 11 is 0. The van der Waals surface area contributed by atoms with E-state index in [1.165, 1.54) is 0 Å². The average Bonchev–Trinajstić information content (AvgIpc) is 2.94. The first-order chi connectivity index (χ1) is 7.79. The van der Waals surface area contributed by atoms with Crippen LogP contribution in [-0.4, -0.2) is 42.4 Å². The number of alkyl halides is 3. The van der Waals surface area contributed by atoms with E-state index in [0.717, 1.165) is 0 Å². The lowest BCUT2D eigenvalue weighted by Crippen LogP contribution is -2.44. The van der Waals surface area contributed by atoms with E-state index in [4.69, 9.17) is 5.11 Å². The van der Waals surface area contributed by atoms with Gasteiger partial charge in [-0.05, 0) is 18.8 Å².